The second-order valence-electron chi connectivity index (χ2n) is 12.6. The van der Waals surface area contributed by atoms with Crippen LogP contribution < -0.4 is 4.90 Å². The van der Waals surface area contributed by atoms with E-state index in [0.29, 0.717) is 28.1 Å². The van der Waals surface area contributed by atoms with Crippen LogP contribution in [-0.2, 0) is 0 Å². The van der Waals surface area contributed by atoms with Crippen LogP contribution in [0.25, 0.3) is 60.9 Å². The highest BCUT2D eigenvalue weighted by atomic mass is 16.2. The zero-order chi connectivity index (χ0) is 35.3. The Kier molecular flexibility index (Phi) is 7.10. The van der Waals surface area contributed by atoms with E-state index < -0.39 is 11.8 Å². The molecule has 0 spiro atoms. The normalized spacial score (nSPS) is 12.2. The lowest BCUT2D eigenvalue weighted by Gasteiger charge is -2.19. The van der Waals surface area contributed by atoms with E-state index in [1.807, 2.05) is 132 Å². The van der Waals surface area contributed by atoms with Crippen LogP contribution in [-0.4, -0.2) is 16.4 Å². The van der Waals surface area contributed by atoms with E-state index in [1.54, 1.807) is 30.3 Å². The number of benzene rings is 7. The first-order valence-electron chi connectivity index (χ1n) is 16.8. The second-order valence-corrected chi connectivity index (χ2v) is 12.6. The molecule has 242 valence electrons. The molecule has 2 heterocycles. The van der Waals surface area contributed by atoms with E-state index in [-0.39, 0.29) is 5.56 Å². The Morgan fingerprint density at radius 2 is 0.865 bits per heavy atom. The molecule has 0 fully saturated rings. The number of fused-ring (bicyclic) bond motifs is 4. The first kappa shape index (κ1) is 30.5. The highest BCUT2D eigenvalue weighted by Crippen LogP contribution is 2.45. The van der Waals surface area contributed by atoms with Gasteiger partial charge in [-0.2, -0.15) is 10.5 Å². The number of rotatable bonds is 5. The molecule has 1 aliphatic heterocycles. The van der Waals surface area contributed by atoms with Gasteiger partial charge in [0, 0.05) is 38.6 Å². The third kappa shape index (κ3) is 4.49. The Hall–Kier alpha value is -7.54. The van der Waals surface area contributed by atoms with Crippen LogP contribution >= 0.6 is 0 Å². The lowest BCUT2D eigenvalue weighted by molar-refractivity contribution is 0.0926. The van der Waals surface area contributed by atoms with Gasteiger partial charge in [-0.25, -0.2) is 4.90 Å². The number of nitriles is 2. The summed E-state index contributed by atoms with van der Waals surface area (Å²) >= 11 is 0. The average Bonchev–Trinajstić information content (AvgIpc) is 3.68. The lowest BCUT2D eigenvalue weighted by Crippen LogP contribution is -2.30. The highest BCUT2D eigenvalue weighted by molar-refractivity contribution is 6.36. The van der Waals surface area contributed by atoms with Crippen LogP contribution in [0.3, 0.4) is 0 Å². The van der Waals surface area contributed by atoms with Gasteiger partial charge in [0.05, 0.1) is 56.8 Å². The third-order valence-corrected chi connectivity index (χ3v) is 9.85. The van der Waals surface area contributed by atoms with E-state index in [0.717, 1.165) is 55.2 Å². The SMILES string of the molecule is N#Cc1ccccc1-c1cccc2c3cccc(-c4ccccc4C#N)c3n(-c3cccc4c3C(=O)N(c3ccccc3-c3ccccc3)C4=O)c12. The van der Waals surface area contributed by atoms with Crippen molar-refractivity contribution >= 4 is 39.3 Å². The Morgan fingerprint density at radius 1 is 0.404 bits per heavy atom. The van der Waals surface area contributed by atoms with Crippen LogP contribution in [0.5, 0.6) is 0 Å². The molecule has 0 saturated carbocycles. The summed E-state index contributed by atoms with van der Waals surface area (Å²) in [6.07, 6.45) is 0. The van der Waals surface area contributed by atoms with Gasteiger partial charge in [0.15, 0.2) is 0 Å². The van der Waals surface area contributed by atoms with Gasteiger partial charge in [0.1, 0.15) is 0 Å². The fourth-order valence-electron chi connectivity index (χ4n) is 7.63. The summed E-state index contributed by atoms with van der Waals surface area (Å²) in [4.78, 5) is 30.6. The lowest BCUT2D eigenvalue weighted by atomic mass is 9.96. The summed E-state index contributed by atoms with van der Waals surface area (Å²) in [5.74, 6) is -0.838. The Balaban J connectivity index is 1.39. The molecule has 0 radical (unpaired) electrons. The Labute approximate surface area is 299 Å². The predicted molar refractivity (Wildman–Crippen MR) is 204 cm³/mol. The topological polar surface area (TPSA) is 89.9 Å². The second kappa shape index (κ2) is 12.1. The van der Waals surface area contributed by atoms with Crippen molar-refractivity contribution in [3.63, 3.8) is 0 Å². The van der Waals surface area contributed by atoms with Crippen LogP contribution in [0.1, 0.15) is 31.8 Å². The number of hydrogen-bond donors (Lipinski definition) is 0. The number of para-hydroxylation sites is 3. The molecule has 1 aliphatic rings. The monoisotopic (exact) mass is 666 g/mol. The van der Waals surface area contributed by atoms with Gasteiger partial charge in [-0.3, -0.25) is 9.59 Å². The van der Waals surface area contributed by atoms with Gasteiger partial charge in [0.2, 0.25) is 0 Å². The molecular weight excluding hydrogens is 641 g/mol. The minimum Gasteiger partial charge on any atom is -0.307 e. The van der Waals surface area contributed by atoms with Crippen LogP contribution in [0.2, 0.25) is 0 Å². The fraction of sp³-hybridized carbons (Fsp3) is 0. The molecule has 0 bridgehead atoms. The van der Waals surface area contributed by atoms with E-state index >= 15 is 0 Å². The van der Waals surface area contributed by atoms with Crippen molar-refractivity contribution in [2.75, 3.05) is 4.90 Å². The molecule has 52 heavy (non-hydrogen) atoms. The first-order chi connectivity index (χ1) is 25.6. The van der Waals surface area contributed by atoms with E-state index in [2.05, 4.69) is 12.1 Å². The molecule has 7 aromatic carbocycles. The van der Waals surface area contributed by atoms with Gasteiger partial charge in [-0.1, -0.05) is 127 Å². The zero-order valence-electron chi connectivity index (χ0n) is 27.6. The number of aromatic nitrogens is 1. The molecule has 0 N–H and O–H groups in total. The number of imide groups is 1. The minimum absolute atomic E-state index is 0.279. The van der Waals surface area contributed by atoms with Gasteiger partial charge in [-0.15, -0.1) is 0 Å². The Bertz CT molecular complexity index is 2760. The van der Waals surface area contributed by atoms with Gasteiger partial charge in [-0.05, 0) is 35.9 Å². The van der Waals surface area contributed by atoms with Crippen molar-refractivity contribution in [3.05, 3.63) is 180 Å². The summed E-state index contributed by atoms with van der Waals surface area (Å²) in [6, 6.07) is 54.1. The standard InChI is InChI=1S/C46H26N4O2/c47-27-30-15-4-6-17-32(30)35-20-10-22-37-38-23-11-21-36(33-18-7-5-16-31(33)28-48)44(38)49(43(35)37)41-26-12-24-39-42(41)46(52)50(45(39)51)40-25-9-8-19-34(40)29-13-2-1-3-14-29/h1-26H. The molecule has 9 rings (SSSR count). The Morgan fingerprint density at radius 3 is 1.46 bits per heavy atom. The molecule has 0 unspecified atom stereocenters. The molecule has 6 heteroatoms. The number of anilines is 1. The van der Waals surface area contributed by atoms with Crippen molar-refractivity contribution in [1.29, 1.82) is 10.5 Å². The molecule has 0 atom stereocenters. The summed E-state index contributed by atoms with van der Waals surface area (Å²) in [5.41, 5.74) is 8.91. The van der Waals surface area contributed by atoms with E-state index in [1.165, 1.54) is 4.90 Å². The molecular formula is C46H26N4O2. The highest BCUT2D eigenvalue weighted by Gasteiger charge is 2.40. The fourth-order valence-corrected chi connectivity index (χ4v) is 7.63. The molecule has 0 saturated heterocycles. The third-order valence-electron chi connectivity index (χ3n) is 9.85. The number of carbonyl (C=O) groups excluding carboxylic acids is 2. The summed E-state index contributed by atoms with van der Waals surface area (Å²) in [5, 5.41) is 22.2. The van der Waals surface area contributed by atoms with E-state index in [9.17, 15) is 20.1 Å². The molecule has 1 aromatic heterocycles. The van der Waals surface area contributed by atoms with Crippen molar-refractivity contribution in [1.82, 2.24) is 4.57 Å². The number of carbonyl (C=O) groups is 2. The first-order valence-corrected chi connectivity index (χ1v) is 16.8. The summed E-state index contributed by atoms with van der Waals surface area (Å²) < 4.78 is 2.05. The van der Waals surface area contributed by atoms with Gasteiger partial charge in [0.25, 0.3) is 11.8 Å². The largest absolute Gasteiger partial charge is 0.307 e. The minimum atomic E-state index is -0.432. The maximum absolute atomic E-state index is 14.9. The van der Waals surface area contributed by atoms with Crippen molar-refractivity contribution in [2.24, 2.45) is 0 Å². The maximum atomic E-state index is 14.9. The van der Waals surface area contributed by atoms with Gasteiger partial charge < -0.3 is 4.57 Å². The van der Waals surface area contributed by atoms with Crippen LogP contribution in [0.4, 0.5) is 5.69 Å². The quantitative estimate of drug-likeness (QED) is 0.171. The number of nitrogens with zero attached hydrogens (tertiary/aromatic N) is 4. The number of amides is 2. The number of hydrogen-bond acceptors (Lipinski definition) is 4. The maximum Gasteiger partial charge on any atom is 0.268 e. The molecule has 6 nitrogen and oxygen atoms in total. The summed E-state index contributed by atoms with van der Waals surface area (Å²) in [7, 11) is 0. The van der Waals surface area contributed by atoms with Crippen LogP contribution in [0, 0.1) is 22.7 Å². The predicted octanol–water partition coefficient (Wildman–Crippen LogP) is 10.3. The summed E-state index contributed by atoms with van der Waals surface area (Å²) in [6.45, 7) is 0. The molecule has 0 aliphatic carbocycles. The average molecular weight is 667 g/mol. The zero-order valence-corrected chi connectivity index (χ0v) is 27.6. The van der Waals surface area contributed by atoms with Gasteiger partial charge >= 0.3 is 0 Å². The molecule has 8 aromatic rings. The van der Waals surface area contributed by atoms with Crippen molar-refractivity contribution in [2.45, 2.75) is 0 Å². The van der Waals surface area contributed by atoms with E-state index in [4.69, 9.17) is 0 Å². The molecule has 2 amide bonds. The van der Waals surface area contributed by atoms with Crippen LogP contribution in [0.15, 0.2) is 158 Å². The smallest absolute Gasteiger partial charge is 0.268 e. The van der Waals surface area contributed by atoms with Crippen molar-refractivity contribution < 1.29 is 9.59 Å². The van der Waals surface area contributed by atoms with Crippen molar-refractivity contribution in [3.8, 4) is 51.2 Å².